The van der Waals surface area contributed by atoms with Gasteiger partial charge in [-0.3, -0.25) is 10.1 Å². The molecule has 11 heteroatoms. The molecule has 0 spiro atoms. The zero-order valence-corrected chi connectivity index (χ0v) is 17.2. The van der Waals surface area contributed by atoms with Crippen LogP contribution in [0.4, 0.5) is 26.1 Å². The number of rotatable bonds is 6. The van der Waals surface area contributed by atoms with Crippen molar-refractivity contribution in [3.05, 3.63) is 65.1 Å². The molecule has 1 saturated heterocycles. The number of alkyl halides is 2. The van der Waals surface area contributed by atoms with Gasteiger partial charge in [-0.25, -0.2) is 23.7 Å². The van der Waals surface area contributed by atoms with Gasteiger partial charge in [0, 0.05) is 24.5 Å². The molecule has 1 N–H and O–H groups in total. The van der Waals surface area contributed by atoms with E-state index in [0.717, 1.165) is 36.3 Å². The van der Waals surface area contributed by atoms with Crippen molar-refractivity contribution in [3.8, 4) is 0 Å². The zero-order chi connectivity index (χ0) is 21.8. The lowest BCUT2D eigenvalue weighted by atomic mass is 10.0. The van der Waals surface area contributed by atoms with Gasteiger partial charge in [0.25, 0.3) is 0 Å². The fourth-order valence-corrected chi connectivity index (χ4v) is 4.58. The van der Waals surface area contributed by atoms with Crippen LogP contribution in [0.5, 0.6) is 0 Å². The van der Waals surface area contributed by atoms with Crippen LogP contribution < -0.4 is 10.2 Å². The van der Waals surface area contributed by atoms with Crippen LogP contribution in [-0.2, 0) is 0 Å². The van der Waals surface area contributed by atoms with Crippen LogP contribution in [-0.4, -0.2) is 50.2 Å². The van der Waals surface area contributed by atoms with Crippen LogP contribution in [0.3, 0.4) is 0 Å². The molecule has 0 saturated carbocycles. The summed E-state index contributed by atoms with van der Waals surface area (Å²) in [6.07, 6.45) is 7.13. The molecule has 162 valence electrons. The van der Waals surface area contributed by atoms with Crippen LogP contribution >= 0.6 is 11.8 Å². The topological polar surface area (TPSA) is 97.1 Å². The minimum atomic E-state index is -2.63. The van der Waals surface area contributed by atoms with Gasteiger partial charge in [0.2, 0.25) is 17.4 Å². The molecule has 2 aromatic heterocycles. The van der Waals surface area contributed by atoms with Crippen LogP contribution in [0, 0.1) is 10.1 Å². The van der Waals surface area contributed by atoms with E-state index in [1.54, 1.807) is 22.9 Å². The molecular weight excluding hydrogens is 426 g/mol. The van der Waals surface area contributed by atoms with Crippen molar-refractivity contribution in [1.82, 2.24) is 15.0 Å². The molecule has 1 aliphatic carbocycles. The van der Waals surface area contributed by atoms with Crippen molar-refractivity contribution in [2.24, 2.45) is 0 Å². The molecule has 1 fully saturated rings. The summed E-state index contributed by atoms with van der Waals surface area (Å²) in [6, 6.07) is 5.74. The molecule has 31 heavy (non-hydrogen) atoms. The highest BCUT2D eigenvalue weighted by molar-refractivity contribution is 7.99. The van der Waals surface area contributed by atoms with E-state index in [4.69, 9.17) is 0 Å². The first-order valence-corrected chi connectivity index (χ1v) is 10.6. The highest BCUT2D eigenvalue weighted by Gasteiger charge is 2.40. The summed E-state index contributed by atoms with van der Waals surface area (Å²) in [5, 5.41) is 15.3. The average Bonchev–Trinajstić information content (AvgIpc) is 2.77. The van der Waals surface area contributed by atoms with E-state index in [9.17, 15) is 18.9 Å². The Morgan fingerprint density at radius 3 is 2.71 bits per heavy atom. The first kappa shape index (κ1) is 21.2. The Bertz CT molecular complexity index is 1000. The highest BCUT2D eigenvalue weighted by Crippen LogP contribution is 2.38. The quantitative estimate of drug-likeness (QED) is 0.403. The standard InChI is InChI=1S/C20H20F2N6O2S/c21-15-5-1-3-9-20(15,22)26-18-17(28(29)30)19(25-13-24-18)27-11-7-14(8-12-27)31-16-6-2-4-10-23-16/h1-6,9-10,13-15H,7-8,11-12H2,(H,24,25,26). The smallest absolute Gasteiger partial charge is 0.351 e. The maximum absolute atomic E-state index is 15.0. The van der Waals surface area contributed by atoms with Gasteiger partial charge in [0.05, 0.1) is 9.95 Å². The lowest BCUT2D eigenvalue weighted by Crippen LogP contribution is -2.42. The summed E-state index contributed by atoms with van der Waals surface area (Å²) in [5.74, 6) is -2.89. The number of aromatic nitrogens is 3. The van der Waals surface area contributed by atoms with Crippen molar-refractivity contribution >= 4 is 29.1 Å². The summed E-state index contributed by atoms with van der Waals surface area (Å²) in [6.45, 7) is 1.08. The molecule has 2 aromatic rings. The molecule has 2 aliphatic rings. The fourth-order valence-electron chi connectivity index (χ4n) is 3.51. The first-order valence-electron chi connectivity index (χ1n) is 9.75. The molecule has 2 unspecified atom stereocenters. The van der Waals surface area contributed by atoms with Crippen molar-refractivity contribution < 1.29 is 13.7 Å². The Balaban J connectivity index is 1.51. The zero-order valence-electron chi connectivity index (χ0n) is 16.4. The minimum Gasteiger partial charge on any atom is -0.351 e. The number of nitrogens with one attached hydrogen (secondary N) is 1. The van der Waals surface area contributed by atoms with E-state index in [2.05, 4.69) is 20.3 Å². The van der Waals surface area contributed by atoms with Gasteiger partial charge in [-0.1, -0.05) is 18.2 Å². The predicted molar refractivity (Wildman–Crippen MR) is 115 cm³/mol. The third-order valence-corrected chi connectivity index (χ3v) is 6.38. The Kier molecular flexibility index (Phi) is 6.12. The molecule has 4 rings (SSSR count). The Hall–Kier alpha value is -3.08. The van der Waals surface area contributed by atoms with Crippen LogP contribution in [0.25, 0.3) is 0 Å². The fraction of sp³-hybridized carbons (Fsp3) is 0.350. The maximum atomic E-state index is 15.0. The third kappa shape index (κ3) is 4.66. The highest BCUT2D eigenvalue weighted by atomic mass is 32.2. The predicted octanol–water partition coefficient (Wildman–Crippen LogP) is 4.08. The minimum absolute atomic E-state index is 0.0955. The lowest BCUT2D eigenvalue weighted by Gasteiger charge is -2.32. The SMILES string of the molecule is O=[N+]([O-])c1c(NC2(F)C=CC=CC2F)ncnc1N1CCC(Sc2ccccn2)CC1. The van der Waals surface area contributed by atoms with Crippen molar-refractivity contribution in [2.75, 3.05) is 23.3 Å². The average molecular weight is 446 g/mol. The molecule has 0 aromatic carbocycles. The first-order chi connectivity index (χ1) is 15.0. The van der Waals surface area contributed by atoms with Crippen molar-refractivity contribution in [3.63, 3.8) is 0 Å². The summed E-state index contributed by atoms with van der Waals surface area (Å²) in [5.41, 5.74) is -0.467. The Morgan fingerprint density at radius 2 is 2.03 bits per heavy atom. The van der Waals surface area contributed by atoms with E-state index in [1.807, 2.05) is 18.2 Å². The van der Waals surface area contributed by atoms with Gasteiger partial charge in [0.1, 0.15) is 6.33 Å². The molecule has 1 aliphatic heterocycles. The van der Waals surface area contributed by atoms with Crippen LogP contribution in [0.1, 0.15) is 12.8 Å². The van der Waals surface area contributed by atoms with E-state index in [-0.39, 0.29) is 11.6 Å². The van der Waals surface area contributed by atoms with E-state index in [1.165, 1.54) is 12.2 Å². The maximum Gasteiger partial charge on any atom is 0.353 e. The Labute approximate surface area is 181 Å². The number of pyridine rings is 1. The summed E-state index contributed by atoms with van der Waals surface area (Å²) in [7, 11) is 0. The van der Waals surface area contributed by atoms with Crippen molar-refractivity contribution in [2.45, 2.75) is 35.1 Å². The van der Waals surface area contributed by atoms with E-state index in [0.29, 0.717) is 18.3 Å². The summed E-state index contributed by atoms with van der Waals surface area (Å²) in [4.78, 5) is 25.2. The lowest BCUT2D eigenvalue weighted by molar-refractivity contribution is -0.383. The number of allylic oxidation sites excluding steroid dienone is 2. The van der Waals surface area contributed by atoms with Gasteiger partial charge in [-0.2, -0.15) is 0 Å². The number of thioether (sulfide) groups is 1. The molecule has 0 radical (unpaired) electrons. The second-order valence-corrected chi connectivity index (χ2v) is 8.48. The number of hydrogen-bond acceptors (Lipinski definition) is 8. The molecule has 3 heterocycles. The van der Waals surface area contributed by atoms with Gasteiger partial charge in [-0.05, 0) is 37.1 Å². The van der Waals surface area contributed by atoms with Gasteiger partial charge in [0.15, 0.2) is 6.17 Å². The second-order valence-electron chi connectivity index (χ2n) is 7.16. The second kappa shape index (κ2) is 8.96. The largest absolute Gasteiger partial charge is 0.353 e. The van der Waals surface area contributed by atoms with Crippen LogP contribution in [0.2, 0.25) is 0 Å². The third-order valence-electron chi connectivity index (χ3n) is 5.09. The van der Waals surface area contributed by atoms with Gasteiger partial charge in [-0.15, -0.1) is 11.8 Å². The Morgan fingerprint density at radius 1 is 1.23 bits per heavy atom. The number of nitrogens with zero attached hydrogens (tertiary/aromatic N) is 5. The molecule has 0 bridgehead atoms. The number of nitro groups is 1. The normalized spacial score (nSPS) is 23.7. The summed E-state index contributed by atoms with van der Waals surface area (Å²) < 4.78 is 29.1. The van der Waals surface area contributed by atoms with Gasteiger partial charge >= 0.3 is 5.69 Å². The van der Waals surface area contributed by atoms with Crippen molar-refractivity contribution in [1.29, 1.82) is 0 Å². The number of anilines is 2. The monoisotopic (exact) mass is 446 g/mol. The van der Waals surface area contributed by atoms with E-state index < -0.39 is 22.6 Å². The van der Waals surface area contributed by atoms with Crippen LogP contribution in [0.15, 0.2) is 60.1 Å². The number of hydrogen-bond donors (Lipinski definition) is 1. The molecule has 8 nitrogen and oxygen atoms in total. The number of piperidine rings is 1. The molecule has 2 atom stereocenters. The van der Waals surface area contributed by atoms with Gasteiger partial charge < -0.3 is 10.2 Å². The van der Waals surface area contributed by atoms with E-state index >= 15 is 0 Å². The molecular formula is C20H20F2N6O2S. The summed E-state index contributed by atoms with van der Waals surface area (Å²) >= 11 is 1.68. The number of halogens is 2. The molecule has 0 amide bonds.